The molecule has 1 saturated heterocycles. The fourth-order valence-electron chi connectivity index (χ4n) is 2.64. The standard InChI is InChI=1S/C11H21N3O/c12-11(15)10-6-5-9(14-10)7-13-8-3-1-2-4-8/h8-10,13-14H,1-7H2,(H2,12,15). The van der Waals surface area contributed by atoms with Crippen molar-refractivity contribution in [2.45, 2.75) is 56.7 Å². The number of nitrogens with one attached hydrogen (secondary N) is 2. The molecule has 86 valence electrons. The Morgan fingerprint density at radius 2 is 2.00 bits per heavy atom. The van der Waals surface area contributed by atoms with Gasteiger partial charge in [0, 0.05) is 18.6 Å². The number of carbonyl (C=O) groups excluding carboxylic acids is 1. The molecule has 0 radical (unpaired) electrons. The van der Waals surface area contributed by atoms with E-state index >= 15 is 0 Å². The Hall–Kier alpha value is -0.610. The minimum absolute atomic E-state index is 0.0969. The van der Waals surface area contributed by atoms with Crippen molar-refractivity contribution in [3.8, 4) is 0 Å². The Balaban J connectivity index is 1.66. The van der Waals surface area contributed by atoms with Crippen LogP contribution in [0.1, 0.15) is 38.5 Å². The maximum atomic E-state index is 10.9. The zero-order chi connectivity index (χ0) is 10.7. The number of primary amides is 1. The number of amides is 1. The second-order valence-electron chi connectivity index (χ2n) is 4.79. The second kappa shape index (κ2) is 4.94. The topological polar surface area (TPSA) is 67.2 Å². The van der Waals surface area contributed by atoms with Gasteiger partial charge in [0.05, 0.1) is 6.04 Å². The summed E-state index contributed by atoms with van der Waals surface area (Å²) in [4.78, 5) is 10.9. The average molecular weight is 211 g/mol. The highest BCUT2D eigenvalue weighted by atomic mass is 16.1. The average Bonchev–Trinajstić information content (AvgIpc) is 2.86. The molecule has 0 aromatic heterocycles. The van der Waals surface area contributed by atoms with E-state index in [0.717, 1.165) is 19.4 Å². The number of hydrogen-bond acceptors (Lipinski definition) is 3. The van der Waals surface area contributed by atoms with E-state index in [4.69, 9.17) is 5.73 Å². The third-order valence-corrected chi connectivity index (χ3v) is 3.59. The summed E-state index contributed by atoms with van der Waals surface area (Å²) in [7, 11) is 0. The Morgan fingerprint density at radius 3 is 2.60 bits per heavy atom. The van der Waals surface area contributed by atoms with Crippen LogP contribution in [0.15, 0.2) is 0 Å². The Morgan fingerprint density at radius 1 is 1.27 bits per heavy atom. The Labute approximate surface area is 91.0 Å². The summed E-state index contributed by atoms with van der Waals surface area (Å²) in [5, 5.41) is 6.85. The van der Waals surface area contributed by atoms with Gasteiger partial charge in [0.1, 0.15) is 0 Å². The van der Waals surface area contributed by atoms with E-state index in [2.05, 4.69) is 10.6 Å². The summed E-state index contributed by atoms with van der Waals surface area (Å²) in [6, 6.07) is 1.04. The summed E-state index contributed by atoms with van der Waals surface area (Å²) in [6.45, 7) is 0.981. The van der Waals surface area contributed by atoms with Gasteiger partial charge >= 0.3 is 0 Å². The van der Waals surface area contributed by atoms with Crippen molar-refractivity contribution in [2.75, 3.05) is 6.54 Å². The lowest BCUT2D eigenvalue weighted by molar-refractivity contribution is -0.119. The number of carbonyl (C=O) groups is 1. The lowest BCUT2D eigenvalue weighted by Gasteiger charge is -2.17. The Kier molecular flexibility index (Phi) is 3.59. The van der Waals surface area contributed by atoms with Gasteiger partial charge < -0.3 is 16.4 Å². The lowest BCUT2D eigenvalue weighted by atomic mass is 10.2. The van der Waals surface area contributed by atoms with Gasteiger partial charge in [-0.05, 0) is 25.7 Å². The zero-order valence-corrected chi connectivity index (χ0v) is 9.17. The summed E-state index contributed by atoms with van der Waals surface area (Å²) < 4.78 is 0. The quantitative estimate of drug-likeness (QED) is 0.619. The molecule has 2 unspecified atom stereocenters. The summed E-state index contributed by atoms with van der Waals surface area (Å²) in [5.41, 5.74) is 5.26. The minimum Gasteiger partial charge on any atom is -0.368 e. The largest absolute Gasteiger partial charge is 0.368 e. The molecule has 1 amide bonds. The second-order valence-corrected chi connectivity index (χ2v) is 4.79. The number of rotatable bonds is 4. The first-order chi connectivity index (χ1) is 7.25. The molecule has 2 fully saturated rings. The van der Waals surface area contributed by atoms with E-state index in [1.54, 1.807) is 0 Å². The first-order valence-corrected chi connectivity index (χ1v) is 6.04. The van der Waals surface area contributed by atoms with Gasteiger partial charge in [0.2, 0.25) is 5.91 Å². The highest BCUT2D eigenvalue weighted by Crippen LogP contribution is 2.18. The van der Waals surface area contributed by atoms with Crippen LogP contribution in [0.25, 0.3) is 0 Å². The predicted molar refractivity (Wildman–Crippen MR) is 59.4 cm³/mol. The third kappa shape index (κ3) is 2.92. The fourth-order valence-corrected chi connectivity index (χ4v) is 2.64. The monoisotopic (exact) mass is 211 g/mol. The number of nitrogens with two attached hydrogens (primary N) is 1. The van der Waals surface area contributed by atoms with Crippen LogP contribution >= 0.6 is 0 Å². The Bertz CT molecular complexity index is 226. The lowest BCUT2D eigenvalue weighted by Crippen LogP contribution is -2.44. The molecule has 1 aliphatic heterocycles. The highest BCUT2D eigenvalue weighted by molar-refractivity contribution is 5.80. The van der Waals surface area contributed by atoms with E-state index in [1.807, 2.05) is 0 Å². The van der Waals surface area contributed by atoms with Gasteiger partial charge in [0.15, 0.2) is 0 Å². The van der Waals surface area contributed by atoms with E-state index < -0.39 is 0 Å². The molecule has 15 heavy (non-hydrogen) atoms. The maximum Gasteiger partial charge on any atom is 0.234 e. The smallest absolute Gasteiger partial charge is 0.234 e. The van der Waals surface area contributed by atoms with Crippen LogP contribution < -0.4 is 16.4 Å². The molecule has 0 bridgehead atoms. The van der Waals surface area contributed by atoms with E-state index in [9.17, 15) is 4.79 Å². The van der Waals surface area contributed by atoms with Crippen LogP contribution in [-0.4, -0.2) is 30.6 Å². The molecule has 0 aromatic rings. The number of hydrogen-bond donors (Lipinski definition) is 3. The molecule has 2 atom stereocenters. The van der Waals surface area contributed by atoms with Crippen molar-refractivity contribution in [3.63, 3.8) is 0 Å². The summed E-state index contributed by atoms with van der Waals surface area (Å²) >= 11 is 0. The molecule has 0 spiro atoms. The van der Waals surface area contributed by atoms with Crippen molar-refractivity contribution < 1.29 is 4.79 Å². The van der Waals surface area contributed by atoms with Gasteiger partial charge in [-0.15, -0.1) is 0 Å². The van der Waals surface area contributed by atoms with Crippen molar-refractivity contribution >= 4 is 5.91 Å². The third-order valence-electron chi connectivity index (χ3n) is 3.59. The van der Waals surface area contributed by atoms with Gasteiger partial charge in [-0.25, -0.2) is 0 Å². The van der Waals surface area contributed by atoms with Crippen LogP contribution in [0, 0.1) is 0 Å². The SMILES string of the molecule is NC(=O)C1CCC(CNC2CCCC2)N1. The van der Waals surface area contributed by atoms with E-state index in [0.29, 0.717) is 12.1 Å². The van der Waals surface area contributed by atoms with Gasteiger partial charge in [-0.3, -0.25) is 4.79 Å². The molecule has 1 saturated carbocycles. The molecular formula is C11H21N3O. The van der Waals surface area contributed by atoms with Gasteiger partial charge in [-0.1, -0.05) is 12.8 Å². The predicted octanol–water partition coefficient (Wildman–Crippen LogP) is 0.124. The zero-order valence-electron chi connectivity index (χ0n) is 9.17. The summed E-state index contributed by atoms with van der Waals surface area (Å²) in [6.07, 6.45) is 7.30. The van der Waals surface area contributed by atoms with Gasteiger partial charge in [0.25, 0.3) is 0 Å². The van der Waals surface area contributed by atoms with Gasteiger partial charge in [-0.2, -0.15) is 0 Å². The van der Waals surface area contributed by atoms with Crippen LogP contribution in [0.2, 0.25) is 0 Å². The molecule has 2 rings (SSSR count). The molecular weight excluding hydrogens is 190 g/mol. The van der Waals surface area contributed by atoms with E-state index in [-0.39, 0.29) is 11.9 Å². The van der Waals surface area contributed by atoms with Crippen LogP contribution in [0.5, 0.6) is 0 Å². The first kappa shape index (κ1) is 10.9. The molecule has 4 heteroatoms. The van der Waals surface area contributed by atoms with E-state index in [1.165, 1.54) is 25.7 Å². The van der Waals surface area contributed by atoms with Crippen LogP contribution in [0.4, 0.5) is 0 Å². The van der Waals surface area contributed by atoms with Crippen LogP contribution in [0.3, 0.4) is 0 Å². The van der Waals surface area contributed by atoms with Crippen molar-refractivity contribution in [2.24, 2.45) is 5.73 Å². The molecule has 0 aromatic carbocycles. The highest BCUT2D eigenvalue weighted by Gasteiger charge is 2.27. The van der Waals surface area contributed by atoms with Crippen molar-refractivity contribution in [1.29, 1.82) is 0 Å². The molecule has 4 N–H and O–H groups in total. The molecule has 4 nitrogen and oxygen atoms in total. The van der Waals surface area contributed by atoms with Crippen LogP contribution in [-0.2, 0) is 4.79 Å². The summed E-state index contributed by atoms with van der Waals surface area (Å²) in [5.74, 6) is -0.210. The van der Waals surface area contributed by atoms with Crippen molar-refractivity contribution in [1.82, 2.24) is 10.6 Å². The molecule has 2 aliphatic rings. The molecule has 1 heterocycles. The first-order valence-electron chi connectivity index (χ1n) is 6.04. The molecule has 1 aliphatic carbocycles. The normalized spacial score (nSPS) is 32.3. The minimum atomic E-state index is -0.210. The fraction of sp³-hybridized carbons (Fsp3) is 0.909. The maximum absolute atomic E-state index is 10.9. The van der Waals surface area contributed by atoms with Crippen molar-refractivity contribution in [3.05, 3.63) is 0 Å².